The van der Waals surface area contributed by atoms with Crippen molar-refractivity contribution in [1.29, 1.82) is 0 Å². The van der Waals surface area contributed by atoms with E-state index in [0.29, 0.717) is 6.61 Å². The molecule has 1 aromatic heterocycles. The van der Waals surface area contributed by atoms with Crippen molar-refractivity contribution in [1.82, 2.24) is 15.0 Å². The highest BCUT2D eigenvalue weighted by atomic mass is 16.8. The smallest absolute Gasteiger partial charge is 0.493 e. The lowest BCUT2D eigenvalue weighted by Gasteiger charge is -2.22. The largest absolute Gasteiger partial charge is 0.512 e. The number of ketones is 1. The first-order chi connectivity index (χ1) is 20.9. The summed E-state index contributed by atoms with van der Waals surface area (Å²) in [6, 6.07) is 2.17. The molecule has 16 heteroatoms. The third-order valence-electron chi connectivity index (χ3n) is 5.70. The number of carbonyl (C=O) groups excluding carboxylic acids is 3. The Balaban J connectivity index is 2.57. The van der Waals surface area contributed by atoms with Crippen molar-refractivity contribution in [2.75, 3.05) is 33.5 Å². The molecule has 0 N–H and O–H groups in total. The highest BCUT2D eigenvalue weighted by Gasteiger charge is 2.35. The Kier molecular flexibility index (Phi) is 13.9. The van der Waals surface area contributed by atoms with Crippen LogP contribution in [-0.2, 0) is 23.7 Å². The normalized spacial score (nSPS) is 12.5. The number of hydrogen-bond donors (Lipinski definition) is 0. The zero-order valence-corrected chi connectivity index (χ0v) is 26.2. The second-order valence-corrected chi connectivity index (χ2v) is 9.70. The first kappa shape index (κ1) is 35.9. The fourth-order valence-electron chi connectivity index (χ4n) is 3.81. The molecule has 44 heavy (non-hydrogen) atoms. The SMILES string of the molecule is CCOCCC(OCC)OC(=O)OC(C(C)C)n1nc(C(=O)OCC)c(C(=O)c2cc(OC(C)C)c(OC)cc2[N+](=O)[O-])n1. The number of ether oxygens (including phenoxy) is 7. The van der Waals surface area contributed by atoms with Crippen LogP contribution in [0, 0.1) is 16.0 Å². The highest BCUT2D eigenvalue weighted by Crippen LogP contribution is 2.36. The lowest BCUT2D eigenvalue weighted by Crippen LogP contribution is -2.29. The van der Waals surface area contributed by atoms with Gasteiger partial charge in [-0.2, -0.15) is 0 Å². The molecule has 0 saturated carbocycles. The van der Waals surface area contributed by atoms with Crippen molar-refractivity contribution in [3.05, 3.63) is 39.2 Å². The molecule has 244 valence electrons. The summed E-state index contributed by atoms with van der Waals surface area (Å²) in [5, 5.41) is 20.2. The lowest BCUT2D eigenvalue weighted by atomic mass is 10.0. The molecule has 2 atom stereocenters. The maximum Gasteiger partial charge on any atom is 0.512 e. The number of hydrogen-bond acceptors (Lipinski definition) is 14. The van der Waals surface area contributed by atoms with Crippen LogP contribution in [0.2, 0.25) is 0 Å². The highest BCUT2D eigenvalue weighted by molar-refractivity contribution is 6.14. The number of carbonyl (C=O) groups is 3. The minimum Gasteiger partial charge on any atom is -0.493 e. The van der Waals surface area contributed by atoms with E-state index >= 15 is 0 Å². The molecule has 0 fully saturated rings. The van der Waals surface area contributed by atoms with Gasteiger partial charge >= 0.3 is 12.1 Å². The standard InChI is InChI=1S/C28H40N4O12/c1-9-39-13-12-22(40-10-2)43-28(35)44-26(16(4)5)31-29-23(24(30-31)27(34)41-11-3)25(33)18-14-21(42-17(6)7)20(38-8)15-19(18)32(36)37/h14-17,22,26H,9-13H2,1-8H3. The van der Waals surface area contributed by atoms with Crippen molar-refractivity contribution in [3.8, 4) is 11.5 Å². The number of nitro groups is 1. The van der Waals surface area contributed by atoms with Gasteiger partial charge in [0.1, 0.15) is 5.56 Å². The fourth-order valence-corrected chi connectivity index (χ4v) is 3.81. The molecule has 0 aliphatic rings. The third kappa shape index (κ3) is 9.60. The average molecular weight is 625 g/mol. The van der Waals surface area contributed by atoms with Gasteiger partial charge in [-0.3, -0.25) is 14.9 Å². The summed E-state index contributed by atoms with van der Waals surface area (Å²) in [6.07, 6.45) is -3.46. The van der Waals surface area contributed by atoms with Gasteiger partial charge in [0.25, 0.3) is 5.69 Å². The third-order valence-corrected chi connectivity index (χ3v) is 5.70. The van der Waals surface area contributed by atoms with Crippen LogP contribution in [0.3, 0.4) is 0 Å². The zero-order valence-electron chi connectivity index (χ0n) is 26.2. The maximum absolute atomic E-state index is 13.8. The van der Waals surface area contributed by atoms with Gasteiger partial charge in [0.2, 0.25) is 24.0 Å². The monoisotopic (exact) mass is 624 g/mol. The van der Waals surface area contributed by atoms with Crippen LogP contribution in [0.1, 0.15) is 87.7 Å². The van der Waals surface area contributed by atoms with E-state index in [2.05, 4.69) is 10.2 Å². The molecule has 2 unspecified atom stereocenters. The van der Waals surface area contributed by atoms with Crippen LogP contribution in [0.5, 0.6) is 11.5 Å². The summed E-state index contributed by atoms with van der Waals surface area (Å²) in [4.78, 5) is 51.5. The van der Waals surface area contributed by atoms with Crippen LogP contribution in [0.15, 0.2) is 12.1 Å². The van der Waals surface area contributed by atoms with Crippen LogP contribution in [0.25, 0.3) is 0 Å². The molecule has 0 aliphatic carbocycles. The Hall–Kier alpha value is -4.31. The van der Waals surface area contributed by atoms with E-state index in [4.69, 9.17) is 33.2 Å². The van der Waals surface area contributed by atoms with E-state index in [-0.39, 0.29) is 43.8 Å². The Morgan fingerprint density at radius 2 is 1.64 bits per heavy atom. The van der Waals surface area contributed by atoms with Gasteiger partial charge < -0.3 is 33.2 Å². The van der Waals surface area contributed by atoms with E-state index < -0.39 is 63.9 Å². The van der Waals surface area contributed by atoms with Gasteiger partial charge in [0.05, 0.1) is 37.4 Å². The minimum absolute atomic E-state index is 0.0228. The van der Waals surface area contributed by atoms with Crippen molar-refractivity contribution >= 4 is 23.6 Å². The number of esters is 1. The van der Waals surface area contributed by atoms with Gasteiger partial charge in [0.15, 0.2) is 17.2 Å². The number of nitrogens with zero attached hydrogens (tertiary/aromatic N) is 4. The van der Waals surface area contributed by atoms with E-state index in [1.807, 2.05) is 6.92 Å². The van der Waals surface area contributed by atoms with Crippen molar-refractivity contribution in [2.45, 2.75) is 73.5 Å². The van der Waals surface area contributed by atoms with Crippen LogP contribution >= 0.6 is 0 Å². The predicted molar refractivity (Wildman–Crippen MR) is 153 cm³/mol. The molecule has 0 amide bonds. The van der Waals surface area contributed by atoms with Gasteiger partial charge in [-0.25, -0.2) is 9.59 Å². The summed E-state index contributed by atoms with van der Waals surface area (Å²) in [5.74, 6) is -2.47. The van der Waals surface area contributed by atoms with Crippen molar-refractivity contribution < 1.29 is 52.5 Å². The first-order valence-corrected chi connectivity index (χ1v) is 14.2. The zero-order chi connectivity index (χ0) is 33.0. The number of nitro benzene ring substituents is 1. The number of rotatable bonds is 18. The van der Waals surface area contributed by atoms with Crippen molar-refractivity contribution in [3.63, 3.8) is 0 Å². The Morgan fingerprint density at radius 1 is 0.955 bits per heavy atom. The molecule has 0 bridgehead atoms. The minimum atomic E-state index is -1.27. The quantitative estimate of drug-likeness (QED) is 0.0563. The van der Waals surface area contributed by atoms with Gasteiger partial charge in [0, 0.05) is 31.6 Å². The molecule has 16 nitrogen and oxygen atoms in total. The van der Waals surface area contributed by atoms with E-state index in [0.717, 1.165) is 16.9 Å². The van der Waals surface area contributed by atoms with Gasteiger partial charge in [-0.1, -0.05) is 13.8 Å². The number of methoxy groups -OCH3 is 1. The summed E-state index contributed by atoms with van der Waals surface area (Å²) in [7, 11) is 1.30. The molecule has 1 aromatic carbocycles. The Bertz CT molecular complexity index is 1290. The topological polar surface area (TPSA) is 190 Å². The predicted octanol–water partition coefficient (Wildman–Crippen LogP) is 4.49. The van der Waals surface area contributed by atoms with Crippen molar-refractivity contribution in [2.24, 2.45) is 5.92 Å². The second kappa shape index (κ2) is 17.1. The molecule has 1 heterocycles. The summed E-state index contributed by atoms with van der Waals surface area (Å²) in [5.41, 5.74) is -2.18. The van der Waals surface area contributed by atoms with E-state index in [1.54, 1.807) is 41.5 Å². The van der Waals surface area contributed by atoms with Gasteiger partial charge in [-0.15, -0.1) is 15.0 Å². The van der Waals surface area contributed by atoms with Gasteiger partial charge in [-0.05, 0) is 34.6 Å². The van der Waals surface area contributed by atoms with Crippen LogP contribution in [-0.4, -0.2) is 83.8 Å². The Labute approximate surface area is 255 Å². The summed E-state index contributed by atoms with van der Waals surface area (Å²) >= 11 is 0. The fraction of sp³-hybridized carbons (Fsp3) is 0.607. The Morgan fingerprint density at radius 3 is 2.18 bits per heavy atom. The molecule has 0 saturated heterocycles. The lowest BCUT2D eigenvalue weighted by molar-refractivity contribution is -0.385. The van der Waals surface area contributed by atoms with E-state index in [1.165, 1.54) is 7.11 Å². The molecular weight excluding hydrogens is 584 g/mol. The molecule has 0 spiro atoms. The number of aromatic nitrogens is 3. The summed E-state index contributed by atoms with van der Waals surface area (Å²) < 4.78 is 37.5. The molecule has 0 radical (unpaired) electrons. The summed E-state index contributed by atoms with van der Waals surface area (Å²) in [6.45, 7) is 12.8. The first-order valence-electron chi connectivity index (χ1n) is 14.2. The number of benzene rings is 1. The van der Waals surface area contributed by atoms with Crippen LogP contribution < -0.4 is 9.47 Å². The van der Waals surface area contributed by atoms with Crippen LogP contribution in [0.4, 0.5) is 10.5 Å². The molecule has 2 rings (SSSR count). The molecular formula is C28H40N4O12. The average Bonchev–Trinajstić information content (AvgIpc) is 3.40. The maximum atomic E-state index is 13.8. The molecule has 0 aliphatic heterocycles. The second-order valence-electron chi connectivity index (χ2n) is 9.70. The molecule has 2 aromatic rings. The van der Waals surface area contributed by atoms with E-state index in [9.17, 15) is 24.5 Å².